The van der Waals surface area contributed by atoms with E-state index in [9.17, 15) is 9.90 Å². The minimum Gasteiger partial charge on any atom is -0.503 e. The van der Waals surface area contributed by atoms with Crippen LogP contribution in [0.2, 0.25) is 0 Å². The summed E-state index contributed by atoms with van der Waals surface area (Å²) in [6.07, 6.45) is 3.10. The number of nitrogens with zero attached hydrogens (tertiary/aromatic N) is 2. The molecule has 2 aromatic carbocycles. The zero-order valence-electron chi connectivity index (χ0n) is 14.3. The van der Waals surface area contributed by atoms with Crippen LogP contribution in [0.15, 0.2) is 58.2 Å². The van der Waals surface area contributed by atoms with Crippen LogP contribution in [-0.2, 0) is 4.79 Å². The lowest BCUT2D eigenvalue weighted by Crippen LogP contribution is -2.24. The van der Waals surface area contributed by atoms with Gasteiger partial charge in [0.2, 0.25) is 0 Å². The molecule has 0 aliphatic heterocycles. The van der Waals surface area contributed by atoms with Gasteiger partial charge in [-0.1, -0.05) is 18.2 Å². The van der Waals surface area contributed by atoms with Crippen molar-refractivity contribution in [1.82, 2.24) is 10.4 Å². The first-order valence-corrected chi connectivity index (χ1v) is 8.72. The first-order valence-electron chi connectivity index (χ1n) is 7.93. The third-order valence-corrected chi connectivity index (χ3v) is 4.23. The summed E-state index contributed by atoms with van der Waals surface area (Å²) < 4.78 is 11.1. The van der Waals surface area contributed by atoms with Crippen molar-refractivity contribution in [2.24, 2.45) is 5.10 Å². The van der Waals surface area contributed by atoms with Gasteiger partial charge in [0.05, 0.1) is 17.8 Å². The molecule has 0 fully saturated rings. The molecule has 0 atom stereocenters. The van der Waals surface area contributed by atoms with Crippen LogP contribution in [0.5, 0.6) is 17.2 Å². The van der Waals surface area contributed by atoms with Gasteiger partial charge in [0, 0.05) is 11.6 Å². The molecule has 1 heterocycles. The maximum absolute atomic E-state index is 11.9. The number of phenolic OH excluding ortho intramolecular Hbond substituents is 1. The smallest absolute Gasteiger partial charge is 0.277 e. The lowest BCUT2D eigenvalue weighted by Gasteiger charge is -2.08. The van der Waals surface area contributed by atoms with Gasteiger partial charge in [-0.15, -0.1) is 0 Å². The Balaban J connectivity index is 1.60. The maximum atomic E-state index is 11.9. The fourth-order valence-corrected chi connectivity index (χ4v) is 2.83. The van der Waals surface area contributed by atoms with Gasteiger partial charge >= 0.3 is 0 Å². The van der Waals surface area contributed by atoms with E-state index in [1.165, 1.54) is 13.3 Å². The van der Waals surface area contributed by atoms with E-state index in [2.05, 4.69) is 31.4 Å². The molecule has 0 saturated carbocycles. The standard InChI is InChI=1S/C19H16BrN3O4/c1-26-16-9-12(8-14(20)19(16)25)10-22-23-17(24)11-27-15-6-2-4-13-5-3-7-21-18(13)15/h2-10,25H,11H2,1H3,(H,23,24)/b22-10-. The summed E-state index contributed by atoms with van der Waals surface area (Å²) in [6, 6.07) is 12.5. The number of halogens is 1. The Hall–Kier alpha value is -3.13. The molecule has 0 spiro atoms. The van der Waals surface area contributed by atoms with E-state index in [1.54, 1.807) is 24.4 Å². The molecule has 2 N–H and O–H groups in total. The van der Waals surface area contributed by atoms with Crippen LogP contribution in [0.4, 0.5) is 0 Å². The highest BCUT2D eigenvalue weighted by Gasteiger charge is 2.08. The largest absolute Gasteiger partial charge is 0.503 e. The lowest BCUT2D eigenvalue weighted by atomic mass is 10.2. The number of carbonyl (C=O) groups is 1. The van der Waals surface area contributed by atoms with Gasteiger partial charge < -0.3 is 14.6 Å². The number of rotatable bonds is 6. The minimum atomic E-state index is -0.413. The van der Waals surface area contributed by atoms with E-state index in [1.807, 2.05) is 24.3 Å². The molecule has 0 bridgehead atoms. The monoisotopic (exact) mass is 429 g/mol. The predicted octanol–water partition coefficient (Wildman–Crippen LogP) is 3.24. The van der Waals surface area contributed by atoms with Gasteiger partial charge in [0.15, 0.2) is 18.1 Å². The van der Waals surface area contributed by atoms with Gasteiger partial charge in [-0.25, -0.2) is 5.43 Å². The van der Waals surface area contributed by atoms with Crippen LogP contribution in [0.1, 0.15) is 5.56 Å². The number of ether oxygens (including phenoxy) is 2. The highest BCUT2D eigenvalue weighted by molar-refractivity contribution is 9.10. The predicted molar refractivity (Wildman–Crippen MR) is 105 cm³/mol. The molecule has 1 aromatic heterocycles. The van der Waals surface area contributed by atoms with Gasteiger partial charge in [0.1, 0.15) is 11.3 Å². The second-order valence-electron chi connectivity index (χ2n) is 5.47. The average molecular weight is 430 g/mol. The van der Waals surface area contributed by atoms with Gasteiger partial charge in [-0.05, 0) is 45.8 Å². The summed E-state index contributed by atoms with van der Waals surface area (Å²) in [5, 5.41) is 14.6. The Kier molecular flexibility index (Phi) is 5.87. The summed E-state index contributed by atoms with van der Waals surface area (Å²) in [4.78, 5) is 16.2. The topological polar surface area (TPSA) is 93.0 Å². The summed E-state index contributed by atoms with van der Waals surface area (Å²) in [6.45, 7) is -0.199. The SMILES string of the molecule is COc1cc(/C=N\NC(=O)COc2cccc3cccnc23)cc(Br)c1O. The third kappa shape index (κ3) is 4.53. The van der Waals surface area contributed by atoms with Crippen molar-refractivity contribution in [3.05, 3.63) is 58.7 Å². The summed E-state index contributed by atoms with van der Waals surface area (Å²) in [5.41, 5.74) is 3.71. The molecule has 0 aliphatic carbocycles. The quantitative estimate of drug-likeness (QED) is 0.463. The second-order valence-corrected chi connectivity index (χ2v) is 6.32. The van der Waals surface area contributed by atoms with E-state index in [-0.39, 0.29) is 12.4 Å². The normalized spacial score (nSPS) is 10.9. The number of aromatic hydroxyl groups is 1. The molecule has 3 rings (SSSR count). The molecule has 8 heteroatoms. The number of pyridine rings is 1. The molecule has 27 heavy (non-hydrogen) atoms. The summed E-state index contributed by atoms with van der Waals surface area (Å²) in [7, 11) is 1.45. The molecule has 3 aromatic rings. The summed E-state index contributed by atoms with van der Waals surface area (Å²) in [5.74, 6) is 0.406. The first kappa shape index (κ1) is 18.7. The number of methoxy groups -OCH3 is 1. The number of benzene rings is 2. The van der Waals surface area contributed by atoms with Crippen LogP contribution in [0.3, 0.4) is 0 Å². The van der Waals surface area contributed by atoms with Crippen LogP contribution in [0, 0.1) is 0 Å². The molecule has 0 unspecified atom stereocenters. The van der Waals surface area contributed by atoms with Crippen LogP contribution in [-0.4, -0.2) is 35.9 Å². The molecule has 138 valence electrons. The van der Waals surface area contributed by atoms with Crippen molar-refractivity contribution in [3.63, 3.8) is 0 Å². The fraction of sp³-hybridized carbons (Fsp3) is 0.105. The van der Waals surface area contributed by atoms with Gasteiger partial charge in [-0.3, -0.25) is 9.78 Å². The molecule has 0 aliphatic rings. The van der Waals surface area contributed by atoms with E-state index in [0.717, 1.165) is 5.39 Å². The van der Waals surface area contributed by atoms with Crippen LogP contribution < -0.4 is 14.9 Å². The third-order valence-electron chi connectivity index (χ3n) is 3.63. The van der Waals surface area contributed by atoms with E-state index in [0.29, 0.717) is 27.1 Å². The summed E-state index contributed by atoms with van der Waals surface area (Å²) >= 11 is 3.22. The van der Waals surface area contributed by atoms with Crippen LogP contribution in [0.25, 0.3) is 10.9 Å². The van der Waals surface area contributed by atoms with Gasteiger partial charge in [0.25, 0.3) is 5.91 Å². The Labute approximate surface area is 163 Å². The fourth-order valence-electron chi connectivity index (χ4n) is 2.37. The minimum absolute atomic E-state index is 0.00390. The maximum Gasteiger partial charge on any atom is 0.277 e. The number of hydrogen-bond donors (Lipinski definition) is 2. The molecular weight excluding hydrogens is 414 g/mol. The molecular formula is C19H16BrN3O4. The highest BCUT2D eigenvalue weighted by Crippen LogP contribution is 2.34. The number of nitrogens with one attached hydrogen (secondary N) is 1. The number of para-hydroxylation sites is 1. The number of aromatic nitrogens is 1. The van der Waals surface area contributed by atoms with Crippen molar-refractivity contribution >= 4 is 39.0 Å². The van der Waals surface area contributed by atoms with Crippen molar-refractivity contribution < 1.29 is 19.4 Å². The number of phenols is 1. The van der Waals surface area contributed by atoms with Crippen molar-refractivity contribution in [2.45, 2.75) is 0 Å². The Morgan fingerprint density at radius 2 is 2.11 bits per heavy atom. The van der Waals surface area contributed by atoms with E-state index < -0.39 is 5.91 Å². The van der Waals surface area contributed by atoms with Crippen molar-refractivity contribution in [2.75, 3.05) is 13.7 Å². The molecule has 1 amide bonds. The number of fused-ring (bicyclic) bond motifs is 1. The van der Waals surface area contributed by atoms with E-state index in [4.69, 9.17) is 9.47 Å². The molecule has 0 saturated heterocycles. The molecule has 7 nitrogen and oxygen atoms in total. The number of hydrazone groups is 1. The van der Waals surface area contributed by atoms with Crippen molar-refractivity contribution in [3.8, 4) is 17.2 Å². The number of carbonyl (C=O) groups excluding carboxylic acids is 1. The first-order chi connectivity index (χ1) is 13.1. The lowest BCUT2D eigenvalue weighted by molar-refractivity contribution is -0.123. The Morgan fingerprint density at radius 3 is 2.93 bits per heavy atom. The Bertz CT molecular complexity index is 1000. The molecule has 0 radical (unpaired) electrons. The van der Waals surface area contributed by atoms with Crippen LogP contribution >= 0.6 is 15.9 Å². The van der Waals surface area contributed by atoms with E-state index >= 15 is 0 Å². The zero-order valence-corrected chi connectivity index (χ0v) is 15.9. The Morgan fingerprint density at radius 1 is 1.30 bits per heavy atom. The number of amides is 1. The second kappa shape index (κ2) is 8.50. The average Bonchev–Trinajstić information content (AvgIpc) is 2.68. The van der Waals surface area contributed by atoms with Gasteiger partial charge in [-0.2, -0.15) is 5.10 Å². The number of hydrogen-bond acceptors (Lipinski definition) is 6. The zero-order chi connectivity index (χ0) is 19.2. The highest BCUT2D eigenvalue weighted by atomic mass is 79.9. The van der Waals surface area contributed by atoms with Crippen molar-refractivity contribution in [1.29, 1.82) is 0 Å².